The summed E-state index contributed by atoms with van der Waals surface area (Å²) in [5, 5.41) is 6.25. The Balaban J connectivity index is 1.36. The molecular weight excluding hydrogens is 434 g/mol. The number of anilines is 1. The van der Waals surface area contributed by atoms with Gasteiger partial charge >= 0.3 is 6.03 Å². The molecule has 2 aromatic carbocycles. The molecule has 9 heteroatoms. The molecule has 0 aliphatic carbocycles. The van der Waals surface area contributed by atoms with Gasteiger partial charge in [0.2, 0.25) is 5.91 Å². The van der Waals surface area contributed by atoms with E-state index < -0.39 is 17.9 Å². The second kappa shape index (κ2) is 8.90. The molecule has 2 aromatic rings. The number of benzene rings is 2. The van der Waals surface area contributed by atoms with Crippen LogP contribution >= 0.6 is 0 Å². The Bertz CT molecular complexity index is 1150. The fourth-order valence-electron chi connectivity index (χ4n) is 4.25. The summed E-state index contributed by atoms with van der Waals surface area (Å²) >= 11 is 0. The first-order valence-electron chi connectivity index (χ1n) is 11.2. The fraction of sp³-hybridized carbons (Fsp3) is 0.360. The van der Waals surface area contributed by atoms with E-state index in [9.17, 15) is 19.2 Å². The molecule has 0 aromatic heterocycles. The predicted octanol–water partition coefficient (Wildman–Crippen LogP) is 2.65. The van der Waals surface area contributed by atoms with Crippen molar-refractivity contribution >= 4 is 29.4 Å². The van der Waals surface area contributed by atoms with E-state index in [1.807, 2.05) is 30.3 Å². The van der Waals surface area contributed by atoms with Gasteiger partial charge < -0.3 is 15.5 Å². The topological polar surface area (TPSA) is 125 Å². The van der Waals surface area contributed by atoms with Gasteiger partial charge in [0, 0.05) is 30.8 Å². The summed E-state index contributed by atoms with van der Waals surface area (Å²) in [6, 6.07) is 12.0. The van der Waals surface area contributed by atoms with Crippen LogP contribution in [0.1, 0.15) is 60.7 Å². The number of carbonyl (C=O) groups is 4. The number of nitrogens with zero attached hydrogens (tertiary/aromatic N) is 2. The summed E-state index contributed by atoms with van der Waals surface area (Å²) in [6.45, 7) is 6.93. The van der Waals surface area contributed by atoms with Crippen molar-refractivity contribution in [3.05, 3.63) is 64.7 Å². The number of rotatable bonds is 4. The second-order valence-electron chi connectivity index (χ2n) is 9.72. The van der Waals surface area contributed by atoms with Crippen LogP contribution < -0.4 is 16.5 Å². The predicted molar refractivity (Wildman–Crippen MR) is 126 cm³/mol. The summed E-state index contributed by atoms with van der Waals surface area (Å²) in [4.78, 5) is 50.7. The lowest BCUT2D eigenvalue weighted by atomic mass is 9.87. The molecule has 0 radical (unpaired) electrons. The zero-order valence-electron chi connectivity index (χ0n) is 19.6. The molecule has 1 unspecified atom stereocenters. The quantitative estimate of drug-likeness (QED) is 0.365. The van der Waals surface area contributed by atoms with Crippen LogP contribution in [0.15, 0.2) is 42.5 Å². The van der Waals surface area contributed by atoms with Gasteiger partial charge in [-0.05, 0) is 46.7 Å². The van der Waals surface area contributed by atoms with Crippen molar-refractivity contribution in [1.29, 1.82) is 0 Å². The van der Waals surface area contributed by atoms with E-state index in [2.05, 4.69) is 31.4 Å². The minimum atomic E-state index is -0.750. The maximum atomic E-state index is 12.8. The number of piperidine rings is 1. The first-order chi connectivity index (χ1) is 16.0. The van der Waals surface area contributed by atoms with Crippen molar-refractivity contribution in [2.24, 2.45) is 5.84 Å². The Morgan fingerprint density at radius 3 is 2.47 bits per heavy atom. The van der Waals surface area contributed by atoms with Crippen molar-refractivity contribution in [3.63, 3.8) is 0 Å². The average molecular weight is 464 g/mol. The van der Waals surface area contributed by atoms with Gasteiger partial charge in [0.15, 0.2) is 0 Å². The van der Waals surface area contributed by atoms with Crippen LogP contribution in [0, 0.1) is 0 Å². The third-order valence-electron chi connectivity index (χ3n) is 6.26. The van der Waals surface area contributed by atoms with Crippen molar-refractivity contribution in [2.75, 3.05) is 5.32 Å². The van der Waals surface area contributed by atoms with Gasteiger partial charge in [0.25, 0.3) is 11.8 Å². The van der Waals surface area contributed by atoms with E-state index in [4.69, 9.17) is 5.84 Å². The van der Waals surface area contributed by atoms with Crippen molar-refractivity contribution < 1.29 is 19.2 Å². The van der Waals surface area contributed by atoms with Crippen LogP contribution in [0.25, 0.3) is 0 Å². The van der Waals surface area contributed by atoms with E-state index in [1.54, 1.807) is 12.1 Å². The first kappa shape index (κ1) is 23.4. The van der Waals surface area contributed by atoms with Crippen molar-refractivity contribution in [2.45, 2.75) is 58.2 Å². The highest BCUT2D eigenvalue weighted by Gasteiger charge is 2.41. The van der Waals surface area contributed by atoms with Crippen molar-refractivity contribution in [3.8, 4) is 0 Å². The van der Waals surface area contributed by atoms with Gasteiger partial charge in [-0.3, -0.25) is 14.4 Å². The average Bonchev–Trinajstić information content (AvgIpc) is 3.11. The number of fused-ring (bicyclic) bond motifs is 1. The lowest BCUT2D eigenvalue weighted by Crippen LogP contribution is -2.57. The van der Waals surface area contributed by atoms with Gasteiger partial charge in [-0.2, -0.15) is 0 Å². The molecule has 1 saturated heterocycles. The lowest BCUT2D eigenvalue weighted by molar-refractivity contribution is -0.152. The smallest absolute Gasteiger partial charge is 0.319 e. The van der Waals surface area contributed by atoms with Gasteiger partial charge in [0.05, 0.1) is 0 Å². The maximum Gasteiger partial charge on any atom is 0.319 e. The van der Waals surface area contributed by atoms with Gasteiger partial charge in [-0.15, -0.1) is 0 Å². The normalized spacial score (nSPS) is 18.2. The molecule has 2 heterocycles. The first-order valence-corrected chi connectivity index (χ1v) is 11.2. The van der Waals surface area contributed by atoms with E-state index >= 15 is 0 Å². The number of amides is 5. The molecule has 4 N–H and O–H groups in total. The number of hydrogen-bond donors (Lipinski definition) is 3. The highest BCUT2D eigenvalue weighted by atomic mass is 16.2. The van der Waals surface area contributed by atoms with Gasteiger partial charge in [-0.25, -0.2) is 15.6 Å². The number of nitrogens with two attached hydrogens (primary N) is 1. The fourth-order valence-corrected chi connectivity index (χ4v) is 4.25. The summed E-state index contributed by atoms with van der Waals surface area (Å²) < 4.78 is 0. The van der Waals surface area contributed by atoms with Crippen LogP contribution in [-0.2, 0) is 28.1 Å². The minimum absolute atomic E-state index is 0.0384. The van der Waals surface area contributed by atoms with E-state index in [0.29, 0.717) is 16.3 Å². The molecule has 5 amide bonds. The summed E-state index contributed by atoms with van der Waals surface area (Å²) in [7, 11) is 0. The number of carbonyl (C=O) groups excluding carboxylic acids is 4. The number of nitrogens with one attached hydrogen (secondary N) is 2. The van der Waals surface area contributed by atoms with Gasteiger partial charge in [0.1, 0.15) is 6.04 Å². The SMILES string of the molecule is CC(C)(C)c1ccc(NC(=O)NCc2ccc3c(c2)CN(C2CCC(=O)N(N)C2=O)C3=O)cc1. The standard InChI is InChI=1S/C25H29N5O4/c1-25(2,3)17-5-7-18(8-6-17)28-24(34)27-13-15-4-9-19-16(12-15)14-29(22(19)32)20-10-11-21(31)30(26)23(20)33/h4-9,12,20H,10-11,13-14,26H2,1-3H3,(H2,27,28,34). The number of imide groups is 1. The third-order valence-corrected chi connectivity index (χ3v) is 6.26. The molecular formula is C25H29N5O4. The van der Waals surface area contributed by atoms with Crippen LogP contribution in [0.4, 0.5) is 10.5 Å². The maximum absolute atomic E-state index is 12.8. The summed E-state index contributed by atoms with van der Waals surface area (Å²) in [5.74, 6) is 4.29. The van der Waals surface area contributed by atoms with Crippen LogP contribution in [0.5, 0.6) is 0 Å². The third kappa shape index (κ3) is 4.65. The molecule has 4 rings (SSSR count). The number of hydrazine groups is 1. The van der Waals surface area contributed by atoms with E-state index in [1.165, 1.54) is 10.5 Å². The summed E-state index contributed by atoms with van der Waals surface area (Å²) in [6.07, 6.45) is 0.382. The lowest BCUT2D eigenvalue weighted by Gasteiger charge is -2.33. The Labute approximate surface area is 198 Å². The van der Waals surface area contributed by atoms with Crippen LogP contribution in [-0.4, -0.2) is 39.7 Å². The monoisotopic (exact) mass is 463 g/mol. The molecule has 1 fully saturated rings. The highest BCUT2D eigenvalue weighted by molar-refractivity contribution is 6.05. The van der Waals surface area contributed by atoms with Crippen molar-refractivity contribution in [1.82, 2.24) is 15.2 Å². The van der Waals surface area contributed by atoms with Crippen LogP contribution in [0.2, 0.25) is 0 Å². The molecule has 9 nitrogen and oxygen atoms in total. The van der Waals surface area contributed by atoms with E-state index in [0.717, 1.165) is 11.1 Å². The molecule has 1 atom stereocenters. The Morgan fingerprint density at radius 2 is 1.79 bits per heavy atom. The Morgan fingerprint density at radius 1 is 1.09 bits per heavy atom. The Hall–Kier alpha value is -3.72. The molecule has 2 aliphatic heterocycles. The van der Waals surface area contributed by atoms with Crippen LogP contribution in [0.3, 0.4) is 0 Å². The molecule has 0 bridgehead atoms. The number of hydrogen-bond acceptors (Lipinski definition) is 5. The van der Waals surface area contributed by atoms with E-state index in [-0.39, 0.29) is 43.3 Å². The molecule has 34 heavy (non-hydrogen) atoms. The minimum Gasteiger partial charge on any atom is -0.334 e. The second-order valence-corrected chi connectivity index (χ2v) is 9.72. The summed E-state index contributed by atoms with van der Waals surface area (Å²) in [5.41, 5.74) is 4.04. The zero-order chi connectivity index (χ0) is 24.6. The zero-order valence-corrected chi connectivity index (χ0v) is 19.6. The molecule has 0 spiro atoms. The highest BCUT2D eigenvalue weighted by Crippen LogP contribution is 2.29. The molecule has 178 valence electrons. The molecule has 0 saturated carbocycles. The number of urea groups is 1. The Kier molecular flexibility index (Phi) is 6.14. The molecule has 2 aliphatic rings. The van der Waals surface area contributed by atoms with Gasteiger partial charge in [-0.1, -0.05) is 45.0 Å². The largest absolute Gasteiger partial charge is 0.334 e.